The lowest BCUT2D eigenvalue weighted by Gasteiger charge is -2.06. The summed E-state index contributed by atoms with van der Waals surface area (Å²) in [7, 11) is -3.32. The van der Waals surface area contributed by atoms with Gasteiger partial charge < -0.3 is 0 Å². The summed E-state index contributed by atoms with van der Waals surface area (Å²) in [5.74, 6) is -0.430. The smallest absolute Gasteiger partial charge is 0.258 e. The van der Waals surface area contributed by atoms with E-state index in [9.17, 15) is 22.9 Å². The summed E-state index contributed by atoms with van der Waals surface area (Å²) in [4.78, 5) is 11.1. The molecule has 0 N–H and O–H groups in total. The fraction of sp³-hybridized carbons (Fsp3) is 0.0588. The van der Waals surface area contributed by atoms with Gasteiger partial charge in [0.1, 0.15) is 5.82 Å². The molecule has 1 aromatic heterocycles. The fourth-order valence-electron chi connectivity index (χ4n) is 2.47. The van der Waals surface area contributed by atoms with Gasteiger partial charge in [0.15, 0.2) is 9.84 Å². The predicted octanol–water partition coefficient (Wildman–Crippen LogP) is 4.53. The van der Waals surface area contributed by atoms with Crippen LogP contribution in [0.3, 0.4) is 0 Å². The lowest BCUT2D eigenvalue weighted by molar-refractivity contribution is -0.379. The zero-order chi connectivity index (χ0) is 18.2. The van der Waals surface area contributed by atoms with Crippen molar-refractivity contribution >= 4 is 26.2 Å². The van der Waals surface area contributed by atoms with Crippen molar-refractivity contribution in [3.05, 3.63) is 69.8 Å². The van der Waals surface area contributed by atoms with Crippen molar-refractivity contribution in [1.82, 2.24) is 0 Å². The first-order chi connectivity index (χ1) is 11.8. The highest BCUT2D eigenvalue weighted by Gasteiger charge is 2.23. The molecule has 5 nitrogen and oxygen atoms in total. The largest absolute Gasteiger partial charge is 0.332 e. The van der Waals surface area contributed by atoms with Crippen molar-refractivity contribution in [1.29, 1.82) is 0 Å². The Kier molecular flexibility index (Phi) is 4.40. The zero-order valence-electron chi connectivity index (χ0n) is 13.0. The molecule has 0 unspecified atom stereocenters. The molecule has 128 valence electrons. The van der Waals surface area contributed by atoms with Crippen LogP contribution in [0.4, 0.5) is 9.39 Å². The maximum absolute atomic E-state index is 13.2. The summed E-state index contributed by atoms with van der Waals surface area (Å²) < 4.78 is 36.3. The van der Waals surface area contributed by atoms with Gasteiger partial charge in [0.2, 0.25) is 0 Å². The molecule has 0 saturated heterocycles. The number of rotatable bonds is 4. The molecule has 0 spiro atoms. The van der Waals surface area contributed by atoms with Crippen LogP contribution in [0.25, 0.3) is 22.3 Å². The van der Waals surface area contributed by atoms with Gasteiger partial charge in [0.05, 0.1) is 15.4 Å². The van der Waals surface area contributed by atoms with E-state index in [0.29, 0.717) is 22.3 Å². The maximum atomic E-state index is 13.2. The lowest BCUT2D eigenvalue weighted by Crippen LogP contribution is -1.96. The molecule has 0 aliphatic heterocycles. The molecule has 0 aliphatic carbocycles. The Morgan fingerprint density at radius 1 is 1.00 bits per heavy atom. The van der Waals surface area contributed by atoms with E-state index in [1.165, 1.54) is 36.4 Å². The Balaban J connectivity index is 2.17. The Hall–Kier alpha value is -2.58. The molecule has 25 heavy (non-hydrogen) atoms. The number of halogens is 1. The Bertz CT molecular complexity index is 1040. The van der Waals surface area contributed by atoms with Crippen LogP contribution in [0.2, 0.25) is 0 Å². The molecule has 8 heteroatoms. The first kappa shape index (κ1) is 17.2. The van der Waals surface area contributed by atoms with Crippen LogP contribution in [-0.4, -0.2) is 19.6 Å². The third kappa shape index (κ3) is 3.45. The summed E-state index contributed by atoms with van der Waals surface area (Å²) in [5.41, 5.74) is 2.16. The summed E-state index contributed by atoms with van der Waals surface area (Å²) in [6.07, 6.45) is 1.11. The number of hydrogen-bond acceptors (Lipinski definition) is 5. The molecule has 3 rings (SSSR count). The highest BCUT2D eigenvalue weighted by molar-refractivity contribution is 7.90. The summed E-state index contributed by atoms with van der Waals surface area (Å²) >= 11 is 0.977. The third-order valence-electron chi connectivity index (χ3n) is 3.66. The van der Waals surface area contributed by atoms with E-state index in [0.717, 1.165) is 17.6 Å². The van der Waals surface area contributed by atoms with Crippen molar-refractivity contribution in [2.24, 2.45) is 0 Å². The Morgan fingerprint density at radius 3 is 2.08 bits per heavy atom. The van der Waals surface area contributed by atoms with Gasteiger partial charge in [-0.15, -0.1) is 0 Å². The Labute approximate surface area is 147 Å². The Morgan fingerprint density at radius 2 is 1.56 bits per heavy atom. The van der Waals surface area contributed by atoms with Gasteiger partial charge in [0.25, 0.3) is 0 Å². The van der Waals surface area contributed by atoms with Crippen LogP contribution in [0.1, 0.15) is 0 Å². The van der Waals surface area contributed by atoms with E-state index in [4.69, 9.17) is 0 Å². The van der Waals surface area contributed by atoms with Crippen LogP contribution in [0, 0.1) is 15.9 Å². The SMILES string of the molecule is CS(=O)(=O)c1ccc(-c2csc([N+](=O)[O-])c2-c2ccc(F)cc2)cc1. The van der Waals surface area contributed by atoms with Gasteiger partial charge >= 0.3 is 5.00 Å². The van der Waals surface area contributed by atoms with Crippen molar-refractivity contribution in [2.75, 3.05) is 6.26 Å². The highest BCUT2D eigenvalue weighted by Crippen LogP contribution is 2.44. The van der Waals surface area contributed by atoms with Gasteiger partial charge in [-0.25, -0.2) is 12.8 Å². The number of nitrogens with zero attached hydrogens (tertiary/aromatic N) is 1. The molecular formula is C17H12FNO4S2. The number of sulfone groups is 1. The topological polar surface area (TPSA) is 77.3 Å². The van der Waals surface area contributed by atoms with E-state index in [-0.39, 0.29) is 9.90 Å². The molecule has 0 radical (unpaired) electrons. The van der Waals surface area contributed by atoms with Crippen molar-refractivity contribution in [3.8, 4) is 22.3 Å². The van der Waals surface area contributed by atoms with E-state index >= 15 is 0 Å². The van der Waals surface area contributed by atoms with Crippen molar-refractivity contribution < 1.29 is 17.7 Å². The first-order valence-electron chi connectivity index (χ1n) is 7.09. The van der Waals surface area contributed by atoms with Crippen LogP contribution < -0.4 is 0 Å². The molecule has 0 fully saturated rings. The van der Waals surface area contributed by atoms with Crippen molar-refractivity contribution in [3.63, 3.8) is 0 Å². The maximum Gasteiger partial charge on any atom is 0.332 e. The van der Waals surface area contributed by atoms with Crippen LogP contribution >= 0.6 is 11.3 Å². The normalized spacial score (nSPS) is 11.4. The standard InChI is InChI=1S/C17H12FNO4S2/c1-25(22,23)14-8-4-11(5-9-14)15-10-24-17(19(20)21)16(15)12-2-6-13(18)7-3-12/h2-10H,1H3. The second-order valence-corrected chi connectivity index (χ2v) is 8.26. The first-order valence-corrected chi connectivity index (χ1v) is 9.87. The average Bonchev–Trinajstić information content (AvgIpc) is 3.00. The second kappa shape index (κ2) is 6.38. The molecule has 1 heterocycles. The van der Waals surface area contributed by atoms with Crippen LogP contribution in [-0.2, 0) is 9.84 Å². The van der Waals surface area contributed by atoms with Gasteiger partial charge in [-0.2, -0.15) is 0 Å². The molecular weight excluding hydrogens is 365 g/mol. The molecule has 2 aromatic carbocycles. The van der Waals surface area contributed by atoms with Gasteiger partial charge in [-0.3, -0.25) is 10.1 Å². The van der Waals surface area contributed by atoms with Crippen molar-refractivity contribution in [2.45, 2.75) is 4.90 Å². The fourth-order valence-corrected chi connectivity index (χ4v) is 4.02. The number of nitro groups is 1. The molecule has 0 saturated carbocycles. The molecule has 0 atom stereocenters. The minimum atomic E-state index is -3.32. The predicted molar refractivity (Wildman–Crippen MR) is 94.9 cm³/mol. The van der Waals surface area contributed by atoms with Gasteiger partial charge in [-0.1, -0.05) is 35.6 Å². The minimum absolute atomic E-state index is 0.0474. The number of thiophene rings is 1. The minimum Gasteiger partial charge on any atom is -0.258 e. The zero-order valence-corrected chi connectivity index (χ0v) is 14.6. The highest BCUT2D eigenvalue weighted by atomic mass is 32.2. The van der Waals surface area contributed by atoms with Crippen LogP contribution in [0.5, 0.6) is 0 Å². The molecule has 0 amide bonds. The van der Waals surface area contributed by atoms with Gasteiger partial charge in [-0.05, 0) is 35.4 Å². The van der Waals surface area contributed by atoms with E-state index < -0.39 is 20.6 Å². The van der Waals surface area contributed by atoms with E-state index in [1.807, 2.05) is 0 Å². The average molecular weight is 377 g/mol. The monoisotopic (exact) mass is 377 g/mol. The lowest BCUT2D eigenvalue weighted by atomic mass is 9.98. The number of hydrogen-bond donors (Lipinski definition) is 0. The van der Waals surface area contributed by atoms with E-state index in [2.05, 4.69) is 0 Å². The summed E-state index contributed by atoms with van der Waals surface area (Å²) in [5, 5.41) is 13.0. The van der Waals surface area contributed by atoms with Crippen LogP contribution in [0.15, 0.2) is 58.8 Å². The van der Waals surface area contributed by atoms with E-state index in [1.54, 1.807) is 17.5 Å². The summed E-state index contributed by atoms with van der Waals surface area (Å²) in [6, 6.07) is 11.6. The summed E-state index contributed by atoms with van der Waals surface area (Å²) in [6.45, 7) is 0. The molecule has 3 aromatic rings. The molecule has 0 bridgehead atoms. The quantitative estimate of drug-likeness (QED) is 0.494. The van der Waals surface area contributed by atoms with Gasteiger partial charge in [0, 0.05) is 17.2 Å². The number of benzene rings is 2. The molecule has 0 aliphatic rings. The second-order valence-electron chi connectivity index (χ2n) is 5.39. The third-order valence-corrected chi connectivity index (χ3v) is 5.72.